The molecule has 5 heteroatoms. The number of likely N-dealkylation sites (N-methyl/N-ethyl adjacent to an activating group) is 1. The van der Waals surface area contributed by atoms with Crippen molar-refractivity contribution < 1.29 is 9.84 Å². The van der Waals surface area contributed by atoms with Gasteiger partial charge in [-0.05, 0) is 50.0 Å². The number of piperazine rings is 1. The molecule has 0 aromatic heterocycles. The molecular formula is C22H37N3O2. The van der Waals surface area contributed by atoms with Crippen molar-refractivity contribution in [2.75, 3.05) is 59.5 Å². The lowest BCUT2D eigenvalue weighted by atomic mass is 9.85. The average molecular weight is 376 g/mol. The highest BCUT2D eigenvalue weighted by Gasteiger charge is 2.20. The molecule has 1 aliphatic heterocycles. The van der Waals surface area contributed by atoms with Gasteiger partial charge in [0, 0.05) is 45.8 Å². The normalized spacial score (nSPS) is 20.6. The monoisotopic (exact) mass is 375 g/mol. The summed E-state index contributed by atoms with van der Waals surface area (Å²) in [7, 11) is 2.20. The quantitative estimate of drug-likeness (QED) is 0.679. The fraction of sp³-hybridized carbons (Fsp3) is 0.727. The van der Waals surface area contributed by atoms with Crippen molar-refractivity contribution in [3.8, 4) is 5.75 Å². The Kier molecular flexibility index (Phi) is 7.94. The van der Waals surface area contributed by atoms with Crippen LogP contribution in [0, 0.1) is 5.92 Å². The van der Waals surface area contributed by atoms with Crippen LogP contribution in [0.3, 0.4) is 0 Å². The molecule has 1 aromatic rings. The van der Waals surface area contributed by atoms with Gasteiger partial charge < -0.3 is 19.6 Å². The summed E-state index contributed by atoms with van der Waals surface area (Å²) >= 11 is 0. The van der Waals surface area contributed by atoms with Gasteiger partial charge in [0.05, 0.1) is 0 Å². The predicted octanol–water partition coefficient (Wildman–Crippen LogP) is 2.30. The Morgan fingerprint density at radius 3 is 2.59 bits per heavy atom. The number of hydrogen-bond donors (Lipinski definition) is 1. The van der Waals surface area contributed by atoms with Crippen LogP contribution in [-0.4, -0.2) is 85.4 Å². The smallest absolute Gasteiger partial charge is 0.119 e. The topological polar surface area (TPSA) is 39.2 Å². The Hall–Kier alpha value is -1.14. The maximum Gasteiger partial charge on any atom is 0.119 e. The van der Waals surface area contributed by atoms with Gasteiger partial charge in [0.2, 0.25) is 0 Å². The SMILES string of the molecule is CCN1CCN(CC(O)COc2cccc(CN(C)CC3CCC3)c2)CC1. The minimum Gasteiger partial charge on any atom is -0.491 e. The second kappa shape index (κ2) is 10.4. The molecule has 1 heterocycles. The zero-order valence-corrected chi connectivity index (χ0v) is 17.1. The molecule has 0 bridgehead atoms. The molecule has 1 aliphatic carbocycles. The first-order valence-electron chi connectivity index (χ1n) is 10.7. The van der Waals surface area contributed by atoms with Crippen LogP contribution in [-0.2, 0) is 6.54 Å². The van der Waals surface area contributed by atoms with Crippen LogP contribution in [0.25, 0.3) is 0 Å². The van der Waals surface area contributed by atoms with Crippen LogP contribution in [0.2, 0.25) is 0 Å². The highest BCUT2D eigenvalue weighted by Crippen LogP contribution is 2.27. The lowest BCUT2D eigenvalue weighted by molar-refractivity contribution is 0.0470. The fourth-order valence-corrected chi connectivity index (χ4v) is 4.06. The first-order chi connectivity index (χ1) is 13.1. The number of ether oxygens (including phenoxy) is 1. The first kappa shape index (κ1) is 20.6. The van der Waals surface area contributed by atoms with Crippen LogP contribution < -0.4 is 4.74 Å². The van der Waals surface area contributed by atoms with Crippen molar-refractivity contribution >= 4 is 0 Å². The molecule has 5 nitrogen and oxygen atoms in total. The molecule has 1 saturated carbocycles. The molecule has 1 saturated heterocycles. The van der Waals surface area contributed by atoms with E-state index < -0.39 is 6.10 Å². The minimum atomic E-state index is -0.442. The molecule has 27 heavy (non-hydrogen) atoms. The number of nitrogens with zero attached hydrogens (tertiary/aromatic N) is 3. The summed E-state index contributed by atoms with van der Waals surface area (Å²) in [4.78, 5) is 7.20. The largest absolute Gasteiger partial charge is 0.491 e. The third-order valence-corrected chi connectivity index (χ3v) is 5.97. The van der Waals surface area contributed by atoms with Gasteiger partial charge in [-0.25, -0.2) is 0 Å². The maximum atomic E-state index is 10.3. The molecule has 1 atom stereocenters. The second-order valence-corrected chi connectivity index (χ2v) is 8.34. The van der Waals surface area contributed by atoms with Gasteiger partial charge in [-0.1, -0.05) is 25.5 Å². The number of aliphatic hydroxyl groups is 1. The third-order valence-electron chi connectivity index (χ3n) is 5.97. The molecule has 152 valence electrons. The van der Waals surface area contributed by atoms with Crippen molar-refractivity contribution in [3.05, 3.63) is 29.8 Å². The summed E-state index contributed by atoms with van der Waals surface area (Å²) in [6.07, 6.45) is 3.74. The Bertz CT molecular complexity index is 556. The van der Waals surface area contributed by atoms with E-state index in [1.54, 1.807) is 0 Å². The molecule has 0 amide bonds. The molecular weight excluding hydrogens is 338 g/mol. The van der Waals surface area contributed by atoms with Crippen molar-refractivity contribution in [2.45, 2.75) is 38.8 Å². The average Bonchev–Trinajstić information content (AvgIpc) is 2.64. The molecule has 1 aromatic carbocycles. The van der Waals surface area contributed by atoms with Crippen LogP contribution in [0.15, 0.2) is 24.3 Å². The summed E-state index contributed by atoms with van der Waals surface area (Å²) in [5, 5.41) is 10.3. The number of hydrogen-bond acceptors (Lipinski definition) is 5. The van der Waals surface area contributed by atoms with Gasteiger partial charge >= 0.3 is 0 Å². The molecule has 2 aliphatic rings. The molecule has 1 N–H and O–H groups in total. The summed E-state index contributed by atoms with van der Waals surface area (Å²) in [6.45, 7) is 10.8. The van der Waals surface area contributed by atoms with Gasteiger partial charge in [0.15, 0.2) is 0 Å². The minimum absolute atomic E-state index is 0.357. The maximum absolute atomic E-state index is 10.3. The summed E-state index contributed by atoms with van der Waals surface area (Å²) in [6, 6.07) is 8.32. The van der Waals surface area contributed by atoms with E-state index in [0.717, 1.165) is 50.9 Å². The predicted molar refractivity (Wildman–Crippen MR) is 110 cm³/mol. The lowest BCUT2D eigenvalue weighted by Crippen LogP contribution is -2.49. The van der Waals surface area contributed by atoms with E-state index in [9.17, 15) is 5.11 Å². The molecule has 0 radical (unpaired) electrons. The Labute approximate surface area is 164 Å². The van der Waals surface area contributed by atoms with Crippen LogP contribution in [0.4, 0.5) is 0 Å². The second-order valence-electron chi connectivity index (χ2n) is 8.34. The van der Waals surface area contributed by atoms with E-state index in [4.69, 9.17) is 4.74 Å². The van der Waals surface area contributed by atoms with E-state index in [-0.39, 0.29) is 0 Å². The van der Waals surface area contributed by atoms with Gasteiger partial charge in [-0.3, -0.25) is 4.90 Å². The first-order valence-corrected chi connectivity index (χ1v) is 10.7. The molecule has 0 spiro atoms. The van der Waals surface area contributed by atoms with Gasteiger partial charge in [-0.15, -0.1) is 0 Å². The van der Waals surface area contributed by atoms with Crippen LogP contribution in [0.1, 0.15) is 31.7 Å². The van der Waals surface area contributed by atoms with Crippen LogP contribution in [0.5, 0.6) is 5.75 Å². The van der Waals surface area contributed by atoms with Crippen molar-refractivity contribution in [3.63, 3.8) is 0 Å². The molecule has 3 rings (SSSR count). The summed E-state index contributed by atoms with van der Waals surface area (Å²) in [5.41, 5.74) is 1.28. The van der Waals surface area contributed by atoms with Crippen molar-refractivity contribution in [1.29, 1.82) is 0 Å². The highest BCUT2D eigenvalue weighted by atomic mass is 16.5. The Morgan fingerprint density at radius 1 is 1.19 bits per heavy atom. The number of aliphatic hydroxyl groups excluding tert-OH is 1. The van der Waals surface area contributed by atoms with Gasteiger partial charge in [-0.2, -0.15) is 0 Å². The standard InChI is InChI=1S/C22H37N3O2/c1-3-24-10-12-25(13-11-24)17-21(26)18-27-22-9-5-8-20(14-22)16-23(2)15-19-6-4-7-19/h5,8-9,14,19,21,26H,3-4,6-7,10-13,15-18H2,1-2H3. The van der Waals surface area contributed by atoms with E-state index >= 15 is 0 Å². The van der Waals surface area contributed by atoms with E-state index in [1.807, 2.05) is 6.07 Å². The Morgan fingerprint density at radius 2 is 1.93 bits per heavy atom. The summed E-state index contributed by atoms with van der Waals surface area (Å²) < 4.78 is 5.88. The highest BCUT2D eigenvalue weighted by molar-refractivity contribution is 5.28. The van der Waals surface area contributed by atoms with E-state index in [0.29, 0.717) is 13.2 Å². The van der Waals surface area contributed by atoms with E-state index in [1.165, 1.54) is 31.4 Å². The van der Waals surface area contributed by atoms with Crippen molar-refractivity contribution in [2.24, 2.45) is 5.92 Å². The summed E-state index contributed by atoms with van der Waals surface area (Å²) in [5.74, 6) is 1.75. The van der Waals surface area contributed by atoms with E-state index in [2.05, 4.69) is 46.9 Å². The van der Waals surface area contributed by atoms with Gasteiger partial charge in [0.1, 0.15) is 18.5 Å². The lowest BCUT2D eigenvalue weighted by Gasteiger charge is -2.34. The molecule has 1 unspecified atom stereocenters. The zero-order chi connectivity index (χ0) is 19.1. The fourth-order valence-electron chi connectivity index (χ4n) is 4.06. The molecule has 2 fully saturated rings. The third kappa shape index (κ3) is 6.75. The number of β-amino-alcohol motifs (C(OH)–C–C–N with tert-alkyl or cyclic N) is 1. The Balaban J connectivity index is 1.38. The van der Waals surface area contributed by atoms with Gasteiger partial charge in [0.25, 0.3) is 0 Å². The van der Waals surface area contributed by atoms with Crippen molar-refractivity contribution in [1.82, 2.24) is 14.7 Å². The van der Waals surface area contributed by atoms with Crippen LogP contribution >= 0.6 is 0 Å². The zero-order valence-electron chi connectivity index (χ0n) is 17.1. The number of rotatable bonds is 10. The number of benzene rings is 1.